The van der Waals surface area contributed by atoms with Gasteiger partial charge in [0, 0.05) is 4.90 Å². The fraction of sp³-hybridized carbons (Fsp3) is 0.278. The van der Waals surface area contributed by atoms with Gasteiger partial charge in [0.05, 0.1) is 22.9 Å². The molecule has 0 aliphatic heterocycles. The van der Waals surface area contributed by atoms with E-state index in [9.17, 15) is 14.4 Å². The molecular formula is C18H18ClNO5S. The molecule has 0 spiro atoms. The van der Waals surface area contributed by atoms with Crippen LogP contribution >= 0.6 is 23.4 Å². The monoisotopic (exact) mass is 395 g/mol. The maximum absolute atomic E-state index is 12.2. The molecule has 0 bridgehead atoms. The van der Waals surface area contributed by atoms with Gasteiger partial charge in [-0.05, 0) is 32.9 Å². The van der Waals surface area contributed by atoms with Crippen LogP contribution in [0.5, 0.6) is 0 Å². The number of hydrogen-bond donors (Lipinski definition) is 1. The van der Waals surface area contributed by atoms with Gasteiger partial charge in [-0.3, -0.25) is 14.9 Å². The molecule has 2 aromatic rings. The molecule has 1 N–H and O–H groups in total. The van der Waals surface area contributed by atoms with Crippen molar-refractivity contribution in [2.45, 2.75) is 25.7 Å². The molecule has 0 fully saturated rings. The van der Waals surface area contributed by atoms with Gasteiger partial charge in [-0.1, -0.05) is 23.7 Å². The van der Waals surface area contributed by atoms with Crippen LogP contribution in [-0.4, -0.2) is 30.0 Å². The van der Waals surface area contributed by atoms with Gasteiger partial charge in [-0.15, -0.1) is 11.8 Å². The van der Waals surface area contributed by atoms with Crippen molar-refractivity contribution in [3.8, 4) is 0 Å². The highest BCUT2D eigenvalue weighted by Crippen LogP contribution is 2.30. The Balaban J connectivity index is 2.19. The van der Waals surface area contributed by atoms with Gasteiger partial charge < -0.3 is 9.15 Å². The van der Waals surface area contributed by atoms with Gasteiger partial charge in [0.25, 0.3) is 0 Å². The molecule has 26 heavy (non-hydrogen) atoms. The standard InChI is InChI=1S/C18H18ClNO5S/c1-4-24-18(23)16-15(10(2)21)11(3)25-17(16)20-14(22)9-26-13-8-6-5-7-12(13)19/h5-8H,4,9H2,1-3H3,(H,20,22). The SMILES string of the molecule is CCOC(=O)c1c(NC(=O)CSc2ccccc2Cl)oc(C)c1C(C)=O. The van der Waals surface area contributed by atoms with E-state index < -0.39 is 11.9 Å². The first-order valence-electron chi connectivity index (χ1n) is 7.83. The van der Waals surface area contributed by atoms with Crippen molar-refractivity contribution in [2.75, 3.05) is 17.7 Å². The third kappa shape index (κ3) is 4.68. The molecule has 1 aromatic carbocycles. The summed E-state index contributed by atoms with van der Waals surface area (Å²) in [4.78, 5) is 37.1. The number of amides is 1. The number of esters is 1. The number of rotatable bonds is 7. The van der Waals surface area contributed by atoms with Crippen LogP contribution in [0.1, 0.15) is 40.3 Å². The van der Waals surface area contributed by atoms with Crippen molar-refractivity contribution < 1.29 is 23.5 Å². The zero-order valence-corrected chi connectivity index (χ0v) is 16.1. The van der Waals surface area contributed by atoms with Crippen molar-refractivity contribution in [3.05, 3.63) is 46.2 Å². The van der Waals surface area contributed by atoms with E-state index in [1.165, 1.54) is 18.7 Å². The second-order valence-electron chi connectivity index (χ2n) is 5.28. The van der Waals surface area contributed by atoms with Crippen molar-refractivity contribution >= 4 is 46.9 Å². The highest BCUT2D eigenvalue weighted by molar-refractivity contribution is 8.00. The maximum Gasteiger partial charge on any atom is 0.344 e. The number of nitrogens with one attached hydrogen (secondary N) is 1. The van der Waals surface area contributed by atoms with E-state index in [4.69, 9.17) is 20.8 Å². The predicted molar refractivity (Wildman–Crippen MR) is 100 cm³/mol. The largest absolute Gasteiger partial charge is 0.462 e. The van der Waals surface area contributed by atoms with E-state index in [0.29, 0.717) is 5.02 Å². The molecule has 0 saturated carbocycles. The van der Waals surface area contributed by atoms with Crippen LogP contribution in [0.4, 0.5) is 5.88 Å². The number of ketones is 1. The Kier molecular flexibility index (Phi) is 6.88. The molecule has 0 aliphatic carbocycles. The number of carbonyl (C=O) groups excluding carboxylic acids is 3. The van der Waals surface area contributed by atoms with Gasteiger partial charge in [0.15, 0.2) is 5.78 Å². The Bertz CT molecular complexity index is 846. The number of benzene rings is 1. The molecule has 2 rings (SSSR count). The number of furan rings is 1. The van der Waals surface area contributed by atoms with Crippen molar-refractivity contribution in [1.29, 1.82) is 0 Å². The molecule has 1 amide bonds. The Labute approximate surface area is 160 Å². The molecule has 1 heterocycles. The van der Waals surface area contributed by atoms with E-state index >= 15 is 0 Å². The summed E-state index contributed by atoms with van der Waals surface area (Å²) in [7, 11) is 0. The Morgan fingerprint density at radius 1 is 1.23 bits per heavy atom. The summed E-state index contributed by atoms with van der Waals surface area (Å²) in [5.74, 6) is -1.25. The lowest BCUT2D eigenvalue weighted by Crippen LogP contribution is -2.17. The van der Waals surface area contributed by atoms with Crippen LogP contribution in [0, 0.1) is 6.92 Å². The molecule has 0 aliphatic rings. The lowest BCUT2D eigenvalue weighted by Gasteiger charge is -2.07. The van der Waals surface area contributed by atoms with Gasteiger partial charge in [-0.25, -0.2) is 4.79 Å². The summed E-state index contributed by atoms with van der Waals surface area (Å²) in [6.07, 6.45) is 0. The van der Waals surface area contributed by atoms with Crippen LogP contribution in [0.15, 0.2) is 33.6 Å². The van der Waals surface area contributed by atoms with Gasteiger partial charge >= 0.3 is 5.97 Å². The second kappa shape index (κ2) is 8.91. The minimum Gasteiger partial charge on any atom is -0.462 e. The number of carbonyl (C=O) groups is 3. The van der Waals surface area contributed by atoms with E-state index in [1.807, 2.05) is 6.07 Å². The molecule has 0 radical (unpaired) electrons. The highest BCUT2D eigenvalue weighted by atomic mass is 35.5. The first kappa shape index (κ1) is 20.1. The molecule has 1 aromatic heterocycles. The number of Topliss-reactive ketones (excluding diaryl/α,β-unsaturated/α-hetero) is 1. The molecule has 138 valence electrons. The lowest BCUT2D eigenvalue weighted by molar-refractivity contribution is -0.113. The minimum atomic E-state index is -0.719. The quantitative estimate of drug-likeness (QED) is 0.426. The topological polar surface area (TPSA) is 85.6 Å². The average Bonchev–Trinajstić information content (AvgIpc) is 2.90. The molecule has 8 heteroatoms. The minimum absolute atomic E-state index is 0.0567. The zero-order valence-electron chi connectivity index (χ0n) is 14.6. The van der Waals surface area contributed by atoms with Crippen molar-refractivity contribution in [3.63, 3.8) is 0 Å². The highest BCUT2D eigenvalue weighted by Gasteiger charge is 2.28. The summed E-state index contributed by atoms with van der Waals surface area (Å²) >= 11 is 7.31. The third-order valence-electron chi connectivity index (χ3n) is 3.36. The number of thioether (sulfide) groups is 1. The predicted octanol–water partition coefficient (Wildman–Crippen LogP) is 4.35. The van der Waals surface area contributed by atoms with Gasteiger partial charge in [0.2, 0.25) is 11.8 Å². The summed E-state index contributed by atoms with van der Waals surface area (Å²) in [5.41, 5.74) is 0.0467. The summed E-state index contributed by atoms with van der Waals surface area (Å²) in [5, 5.41) is 3.08. The van der Waals surface area contributed by atoms with Crippen molar-refractivity contribution in [2.24, 2.45) is 0 Å². The fourth-order valence-corrected chi connectivity index (χ4v) is 3.36. The van der Waals surface area contributed by atoms with Crippen molar-refractivity contribution in [1.82, 2.24) is 0 Å². The Morgan fingerprint density at radius 3 is 2.54 bits per heavy atom. The van der Waals surface area contributed by atoms with Crippen LogP contribution < -0.4 is 5.32 Å². The zero-order chi connectivity index (χ0) is 19.3. The first-order valence-corrected chi connectivity index (χ1v) is 9.20. The van der Waals surface area contributed by atoms with Crippen LogP contribution in [0.3, 0.4) is 0 Å². The van der Waals surface area contributed by atoms with Gasteiger partial charge in [0.1, 0.15) is 11.3 Å². The third-order valence-corrected chi connectivity index (χ3v) is 4.88. The molecule has 0 unspecified atom stereocenters. The van der Waals surface area contributed by atoms with Crippen LogP contribution in [0.2, 0.25) is 5.02 Å². The Morgan fingerprint density at radius 2 is 1.92 bits per heavy atom. The molecule has 0 saturated heterocycles. The average molecular weight is 396 g/mol. The Hall–Kier alpha value is -2.25. The normalized spacial score (nSPS) is 10.5. The number of anilines is 1. The number of halogens is 1. The van der Waals surface area contributed by atoms with Crippen LogP contribution in [-0.2, 0) is 9.53 Å². The van der Waals surface area contributed by atoms with E-state index in [1.54, 1.807) is 32.0 Å². The fourth-order valence-electron chi connectivity index (χ4n) is 2.32. The summed E-state index contributed by atoms with van der Waals surface area (Å²) in [6.45, 7) is 4.65. The second-order valence-corrected chi connectivity index (χ2v) is 6.71. The first-order chi connectivity index (χ1) is 12.3. The number of aryl methyl sites for hydroxylation is 1. The number of hydrogen-bond acceptors (Lipinski definition) is 6. The van der Waals surface area contributed by atoms with E-state index in [0.717, 1.165) is 4.90 Å². The lowest BCUT2D eigenvalue weighted by atomic mass is 10.1. The molecular weight excluding hydrogens is 378 g/mol. The van der Waals surface area contributed by atoms with Crippen LogP contribution in [0.25, 0.3) is 0 Å². The summed E-state index contributed by atoms with van der Waals surface area (Å²) in [6, 6.07) is 7.15. The van der Waals surface area contributed by atoms with Gasteiger partial charge in [-0.2, -0.15) is 0 Å². The number of ether oxygens (including phenoxy) is 1. The maximum atomic E-state index is 12.2. The van der Waals surface area contributed by atoms with E-state index in [2.05, 4.69) is 5.32 Å². The smallest absolute Gasteiger partial charge is 0.344 e. The van der Waals surface area contributed by atoms with E-state index in [-0.39, 0.29) is 40.9 Å². The summed E-state index contributed by atoms with van der Waals surface area (Å²) < 4.78 is 10.4. The molecule has 6 nitrogen and oxygen atoms in total. The molecule has 0 atom stereocenters.